The lowest BCUT2D eigenvalue weighted by atomic mass is 10.1. The van der Waals surface area contributed by atoms with Crippen LogP contribution in [0.1, 0.15) is 0 Å². The fourth-order valence-corrected chi connectivity index (χ4v) is 5.46. The summed E-state index contributed by atoms with van der Waals surface area (Å²) >= 11 is 2.08. The van der Waals surface area contributed by atoms with E-state index in [0.29, 0.717) is 61.2 Å². The van der Waals surface area contributed by atoms with E-state index >= 15 is 0 Å². The molecule has 5 aromatic rings. The van der Waals surface area contributed by atoms with Crippen molar-refractivity contribution >= 4 is 93.2 Å². The SMILES string of the molecule is Nc1ccc(N=Nc2c(Nc3nc(NCCO)nc(Nc4ccc(SOOO)cc4)n3)ccc3cc(SOOO)cc(O)c23)c(SOOO)c1. The van der Waals surface area contributed by atoms with Crippen LogP contribution in [0.25, 0.3) is 10.8 Å². The normalized spacial score (nSPS) is 11.4. The van der Waals surface area contributed by atoms with Crippen LogP contribution in [0.4, 0.5) is 46.3 Å². The highest BCUT2D eigenvalue weighted by Crippen LogP contribution is 2.44. The van der Waals surface area contributed by atoms with E-state index in [1.165, 1.54) is 12.1 Å². The molecule has 0 amide bonds. The van der Waals surface area contributed by atoms with Crippen molar-refractivity contribution in [3.8, 4) is 5.75 Å². The molecule has 4 aromatic carbocycles. The standard InChI is InChI=1S/C27H25N9O11S3/c28-15-2-8-19(22(12-15)50-47-44-41)35-36-24-20(7-1-14-11-18(49-46-43-40)13-21(38)23(14)24)31-27-33-25(29-9-10-37)32-26(34-27)30-16-3-5-17(6-4-16)48-45-42-39/h1-8,11-13,37-41H,9-10,28H2,(H3,29,30,31,32,33,34). The lowest BCUT2D eigenvalue weighted by Crippen LogP contribution is -2.12. The lowest BCUT2D eigenvalue weighted by molar-refractivity contribution is -0.432. The molecule has 262 valence electrons. The van der Waals surface area contributed by atoms with Gasteiger partial charge in [0.15, 0.2) is 0 Å². The van der Waals surface area contributed by atoms with E-state index in [4.69, 9.17) is 21.5 Å². The van der Waals surface area contributed by atoms with Gasteiger partial charge in [-0.1, -0.05) is 21.2 Å². The van der Waals surface area contributed by atoms with Crippen LogP contribution >= 0.6 is 36.1 Å². The van der Waals surface area contributed by atoms with E-state index < -0.39 is 0 Å². The minimum atomic E-state index is -0.228. The average molecular weight is 748 g/mol. The summed E-state index contributed by atoms with van der Waals surface area (Å²) in [6.45, 7) is -0.0511. The van der Waals surface area contributed by atoms with Gasteiger partial charge < -0.3 is 31.9 Å². The molecule has 0 bridgehead atoms. The first-order valence-electron chi connectivity index (χ1n) is 13.7. The number of aromatic hydroxyl groups is 1. The number of hydrogen-bond donors (Lipinski definition) is 9. The van der Waals surface area contributed by atoms with Crippen molar-refractivity contribution in [1.29, 1.82) is 0 Å². The van der Waals surface area contributed by atoms with Crippen LogP contribution < -0.4 is 21.7 Å². The summed E-state index contributed by atoms with van der Waals surface area (Å²) in [5.74, 6) is 0.0483. The summed E-state index contributed by atoms with van der Waals surface area (Å²) in [5, 5.41) is 75.8. The Labute approximate surface area is 293 Å². The van der Waals surface area contributed by atoms with Gasteiger partial charge in [0.25, 0.3) is 0 Å². The van der Waals surface area contributed by atoms with E-state index in [-0.39, 0.29) is 53.5 Å². The number of benzene rings is 4. The maximum absolute atomic E-state index is 11.1. The van der Waals surface area contributed by atoms with Crippen molar-refractivity contribution in [1.82, 2.24) is 15.0 Å². The van der Waals surface area contributed by atoms with Crippen LogP contribution in [0.3, 0.4) is 0 Å². The molecule has 0 aliphatic carbocycles. The number of rotatable bonds is 18. The number of fused-ring (bicyclic) bond motifs is 1. The Bertz CT molecular complexity index is 1930. The molecule has 1 heterocycles. The number of hydrogen-bond acceptors (Lipinski definition) is 23. The van der Waals surface area contributed by atoms with E-state index in [1.807, 2.05) is 0 Å². The van der Waals surface area contributed by atoms with E-state index in [2.05, 4.69) is 69.2 Å². The predicted octanol–water partition coefficient (Wildman–Crippen LogP) is 6.90. The number of aliphatic hydroxyl groups excluding tert-OH is 1. The number of anilines is 6. The molecular weight excluding hydrogens is 723 g/mol. The maximum atomic E-state index is 11.1. The van der Waals surface area contributed by atoms with Gasteiger partial charge in [-0.15, -0.1) is 23.2 Å². The highest BCUT2D eigenvalue weighted by atomic mass is 32.2. The van der Waals surface area contributed by atoms with Crippen molar-refractivity contribution in [2.75, 3.05) is 34.8 Å². The van der Waals surface area contributed by atoms with E-state index in [0.717, 1.165) is 12.0 Å². The largest absolute Gasteiger partial charge is 0.507 e. The summed E-state index contributed by atoms with van der Waals surface area (Å²) in [4.78, 5) is 14.6. The topological polar surface area (TPSA) is 282 Å². The first-order chi connectivity index (χ1) is 24.4. The molecule has 5 rings (SSSR count). The van der Waals surface area contributed by atoms with Crippen LogP contribution in [0, 0.1) is 0 Å². The van der Waals surface area contributed by atoms with E-state index in [9.17, 15) is 10.2 Å². The van der Waals surface area contributed by atoms with Crippen LogP contribution in [0.15, 0.2) is 91.6 Å². The zero-order chi connectivity index (χ0) is 35.3. The minimum Gasteiger partial charge on any atom is -0.507 e. The van der Waals surface area contributed by atoms with Gasteiger partial charge in [-0.05, 0) is 66.0 Å². The first-order valence-corrected chi connectivity index (χ1v) is 15.9. The fourth-order valence-electron chi connectivity index (χ4n) is 4.17. The second kappa shape index (κ2) is 18.4. The van der Waals surface area contributed by atoms with Gasteiger partial charge in [0, 0.05) is 27.7 Å². The zero-order valence-corrected chi connectivity index (χ0v) is 27.4. The second-order valence-corrected chi connectivity index (χ2v) is 11.6. The first kappa shape index (κ1) is 36.7. The van der Waals surface area contributed by atoms with Crippen LogP contribution in [-0.2, 0) is 28.1 Å². The summed E-state index contributed by atoms with van der Waals surface area (Å²) < 4.78 is 13.5. The Balaban J connectivity index is 1.55. The Morgan fingerprint density at radius 1 is 0.720 bits per heavy atom. The van der Waals surface area contributed by atoms with Gasteiger partial charge in [-0.3, -0.25) is 0 Å². The molecule has 50 heavy (non-hydrogen) atoms. The molecule has 0 aliphatic heterocycles. The Morgan fingerprint density at radius 2 is 1.40 bits per heavy atom. The number of nitrogens with zero attached hydrogens (tertiary/aromatic N) is 5. The molecule has 0 aliphatic rings. The molecule has 0 fully saturated rings. The fraction of sp³-hybridized carbons (Fsp3) is 0.0741. The third kappa shape index (κ3) is 9.98. The highest BCUT2D eigenvalue weighted by molar-refractivity contribution is 7.95. The number of aliphatic hydroxyl groups is 1. The smallest absolute Gasteiger partial charge is 0.233 e. The molecule has 0 spiro atoms. The van der Waals surface area contributed by atoms with Crippen molar-refractivity contribution in [3.63, 3.8) is 0 Å². The third-order valence-corrected chi connectivity index (χ3v) is 7.93. The summed E-state index contributed by atoms with van der Waals surface area (Å²) in [6.07, 6.45) is 0. The summed E-state index contributed by atoms with van der Waals surface area (Å²) in [6, 6.07) is 17.8. The molecule has 23 heteroatoms. The van der Waals surface area contributed by atoms with Crippen molar-refractivity contribution < 1.29 is 54.1 Å². The van der Waals surface area contributed by atoms with Gasteiger partial charge in [0.05, 0.1) is 58.7 Å². The molecule has 20 nitrogen and oxygen atoms in total. The average Bonchev–Trinajstić information content (AvgIpc) is 3.12. The summed E-state index contributed by atoms with van der Waals surface area (Å²) in [5.41, 5.74) is 7.58. The van der Waals surface area contributed by atoms with E-state index in [1.54, 1.807) is 54.6 Å². The van der Waals surface area contributed by atoms with Crippen molar-refractivity contribution in [2.24, 2.45) is 10.2 Å². The van der Waals surface area contributed by atoms with Crippen LogP contribution in [0.2, 0.25) is 0 Å². The lowest BCUT2D eigenvalue weighted by Gasteiger charge is -2.14. The quantitative estimate of drug-likeness (QED) is 0.0145. The van der Waals surface area contributed by atoms with Gasteiger partial charge in [0.1, 0.15) is 17.1 Å². The second-order valence-electron chi connectivity index (χ2n) is 9.34. The number of aromatic nitrogens is 3. The minimum absolute atomic E-state index is 0.0387. The van der Waals surface area contributed by atoms with Crippen LogP contribution in [-0.4, -0.2) is 54.1 Å². The molecule has 0 radical (unpaired) electrons. The number of nitrogens with one attached hydrogen (secondary N) is 3. The van der Waals surface area contributed by atoms with Crippen molar-refractivity contribution in [3.05, 3.63) is 66.7 Å². The number of phenolic OH excluding ortho intramolecular Hbond substituents is 1. The molecule has 0 saturated carbocycles. The van der Waals surface area contributed by atoms with Gasteiger partial charge >= 0.3 is 0 Å². The number of nitrogen functional groups attached to an aromatic ring is 1. The van der Waals surface area contributed by atoms with Crippen molar-refractivity contribution in [2.45, 2.75) is 14.7 Å². The molecule has 0 saturated heterocycles. The Hall–Kier alpha value is -4.60. The molecule has 1 aromatic heterocycles. The predicted molar refractivity (Wildman–Crippen MR) is 181 cm³/mol. The highest BCUT2D eigenvalue weighted by Gasteiger charge is 2.17. The zero-order valence-electron chi connectivity index (χ0n) is 25.0. The molecule has 10 N–H and O–H groups in total. The van der Waals surface area contributed by atoms with Gasteiger partial charge in [-0.2, -0.15) is 15.0 Å². The maximum Gasteiger partial charge on any atom is 0.233 e. The number of phenols is 1. The number of azo groups is 1. The summed E-state index contributed by atoms with van der Waals surface area (Å²) in [7, 11) is 0. The Kier molecular flexibility index (Phi) is 13.5. The Morgan fingerprint density at radius 3 is 2.12 bits per heavy atom. The van der Waals surface area contributed by atoms with Gasteiger partial charge in [-0.25, -0.2) is 15.8 Å². The molecule has 0 unspecified atom stereocenters. The molecular formula is C27H25N9O11S3. The third-order valence-electron chi connectivity index (χ3n) is 6.15. The van der Waals surface area contributed by atoms with Crippen LogP contribution in [0.5, 0.6) is 5.75 Å². The number of nitrogens with two attached hydrogens (primary N) is 1. The monoisotopic (exact) mass is 747 g/mol. The molecule has 0 atom stereocenters. The van der Waals surface area contributed by atoms with Gasteiger partial charge in [0.2, 0.25) is 17.8 Å².